The second-order valence-corrected chi connectivity index (χ2v) is 8.17. The Bertz CT molecular complexity index is 1320. The molecule has 144 valence electrons. The molecule has 4 aromatic rings. The van der Waals surface area contributed by atoms with E-state index in [-0.39, 0.29) is 0 Å². The van der Waals surface area contributed by atoms with Crippen molar-refractivity contribution in [3.63, 3.8) is 0 Å². The lowest BCUT2D eigenvalue weighted by molar-refractivity contribution is -0.0573. The molecule has 7 rings (SSSR count). The van der Waals surface area contributed by atoms with Crippen molar-refractivity contribution in [2.75, 3.05) is 13.1 Å². The first kappa shape index (κ1) is 16.3. The highest BCUT2D eigenvalue weighted by atomic mass is 16.7. The average molecular weight is 389 g/mol. The van der Waals surface area contributed by atoms with Crippen molar-refractivity contribution in [2.45, 2.75) is 5.79 Å². The number of nitrogens with one attached hydrogen (secondary N) is 1. The highest BCUT2D eigenvalue weighted by molar-refractivity contribution is 5.95. The SMILES string of the molecule is C1=C2CNCC3=Cc4ccc5ccccc5c4OC23Oc2c1ccc1ccccc21. The highest BCUT2D eigenvalue weighted by Crippen LogP contribution is 2.49. The van der Waals surface area contributed by atoms with Crippen molar-refractivity contribution in [1.82, 2.24) is 5.32 Å². The third-order valence-electron chi connectivity index (χ3n) is 6.45. The molecular weight excluding hydrogens is 370 g/mol. The summed E-state index contributed by atoms with van der Waals surface area (Å²) in [6.07, 6.45) is 4.47. The second-order valence-electron chi connectivity index (χ2n) is 8.17. The van der Waals surface area contributed by atoms with Crippen LogP contribution in [0, 0.1) is 0 Å². The summed E-state index contributed by atoms with van der Waals surface area (Å²) in [5.74, 6) is 0.904. The number of benzene rings is 4. The molecule has 0 saturated carbocycles. The van der Waals surface area contributed by atoms with E-state index in [4.69, 9.17) is 9.47 Å². The minimum absolute atomic E-state index is 0.740. The lowest BCUT2D eigenvalue weighted by Gasteiger charge is -2.46. The first-order valence-corrected chi connectivity index (χ1v) is 10.4. The van der Waals surface area contributed by atoms with Gasteiger partial charge in [-0.15, -0.1) is 0 Å². The number of piperidine rings is 1. The Morgan fingerprint density at radius 3 is 1.63 bits per heavy atom. The first-order chi connectivity index (χ1) is 14.8. The predicted molar refractivity (Wildman–Crippen MR) is 121 cm³/mol. The van der Waals surface area contributed by atoms with Crippen molar-refractivity contribution in [3.05, 3.63) is 95.1 Å². The van der Waals surface area contributed by atoms with Crippen LogP contribution in [0.25, 0.3) is 33.7 Å². The van der Waals surface area contributed by atoms with Gasteiger partial charge in [0.25, 0.3) is 5.79 Å². The van der Waals surface area contributed by atoms with Crippen LogP contribution in [0.15, 0.2) is 83.9 Å². The molecule has 3 aliphatic rings. The lowest BCUT2D eigenvalue weighted by atomic mass is 9.85. The third kappa shape index (κ3) is 2.08. The number of ether oxygens (including phenoxy) is 2. The molecule has 0 atom stereocenters. The van der Waals surface area contributed by atoms with Crippen molar-refractivity contribution in [2.24, 2.45) is 0 Å². The zero-order chi connectivity index (χ0) is 19.7. The Hall–Kier alpha value is -3.56. The smallest absolute Gasteiger partial charge is 0.300 e. The van der Waals surface area contributed by atoms with Crippen LogP contribution in [-0.2, 0) is 0 Å². The van der Waals surface area contributed by atoms with Gasteiger partial charge in [-0.3, -0.25) is 0 Å². The Labute approximate surface area is 174 Å². The highest BCUT2D eigenvalue weighted by Gasteiger charge is 2.50. The standard InChI is InChI=1S/C27H19NO2/c1-3-7-23-17(5-1)9-11-19-13-21-15-28-16-22-14-20-12-10-18-6-2-4-8-24(18)26(20)30-27(21,22)29-25(19)23/h1-14,28H,15-16H2. The van der Waals surface area contributed by atoms with Gasteiger partial charge in [0.15, 0.2) is 0 Å². The van der Waals surface area contributed by atoms with Crippen molar-refractivity contribution < 1.29 is 9.47 Å². The van der Waals surface area contributed by atoms with Gasteiger partial charge in [0.05, 0.1) is 0 Å². The van der Waals surface area contributed by atoms with Crippen LogP contribution < -0.4 is 14.8 Å². The van der Waals surface area contributed by atoms with E-state index in [1.165, 1.54) is 10.8 Å². The predicted octanol–water partition coefficient (Wildman–Crippen LogP) is 5.54. The molecule has 3 heteroatoms. The van der Waals surface area contributed by atoms with Crippen LogP contribution >= 0.6 is 0 Å². The topological polar surface area (TPSA) is 30.5 Å². The summed E-state index contributed by atoms with van der Waals surface area (Å²) in [6.45, 7) is 1.48. The molecule has 1 saturated heterocycles. The van der Waals surface area contributed by atoms with Crippen molar-refractivity contribution >= 4 is 33.7 Å². The van der Waals surface area contributed by atoms with Gasteiger partial charge < -0.3 is 14.8 Å². The minimum Gasteiger partial charge on any atom is -0.443 e. The van der Waals surface area contributed by atoms with Gasteiger partial charge in [-0.2, -0.15) is 0 Å². The van der Waals surface area contributed by atoms with Crippen LogP contribution in [0.4, 0.5) is 0 Å². The second kappa shape index (κ2) is 5.74. The minimum atomic E-state index is -0.889. The Morgan fingerprint density at radius 2 is 1.10 bits per heavy atom. The third-order valence-corrected chi connectivity index (χ3v) is 6.45. The van der Waals surface area contributed by atoms with Gasteiger partial charge in [-0.25, -0.2) is 0 Å². The Kier molecular flexibility index (Phi) is 3.11. The molecule has 3 heterocycles. The monoisotopic (exact) mass is 389 g/mol. The fourth-order valence-corrected chi connectivity index (χ4v) is 4.98. The number of hydrogen-bond acceptors (Lipinski definition) is 3. The summed E-state index contributed by atoms with van der Waals surface area (Å²) in [5.41, 5.74) is 4.43. The van der Waals surface area contributed by atoms with E-state index < -0.39 is 5.79 Å². The molecule has 0 unspecified atom stereocenters. The molecule has 3 aliphatic heterocycles. The zero-order valence-corrected chi connectivity index (χ0v) is 16.3. The Balaban J connectivity index is 1.49. The molecule has 0 aromatic heterocycles. The van der Waals surface area contributed by atoms with Crippen LogP contribution in [0.2, 0.25) is 0 Å². The molecular formula is C27H19NO2. The van der Waals surface area contributed by atoms with E-state index in [0.29, 0.717) is 0 Å². The maximum Gasteiger partial charge on any atom is 0.300 e. The van der Waals surface area contributed by atoms with Crippen molar-refractivity contribution in [3.8, 4) is 11.5 Å². The van der Waals surface area contributed by atoms with Gasteiger partial charge in [0, 0.05) is 46.1 Å². The fourth-order valence-electron chi connectivity index (χ4n) is 4.98. The zero-order valence-electron chi connectivity index (χ0n) is 16.3. The molecule has 0 aliphatic carbocycles. The summed E-state index contributed by atoms with van der Waals surface area (Å²) >= 11 is 0. The van der Waals surface area contributed by atoms with Gasteiger partial charge in [0.1, 0.15) is 11.5 Å². The summed E-state index contributed by atoms with van der Waals surface area (Å²) in [6, 6.07) is 25.3. The maximum atomic E-state index is 6.85. The van der Waals surface area contributed by atoms with E-state index in [9.17, 15) is 0 Å². The number of fused-ring (bicyclic) bond motifs is 6. The van der Waals surface area contributed by atoms with Crippen LogP contribution in [0.5, 0.6) is 11.5 Å². The van der Waals surface area contributed by atoms with Crippen LogP contribution in [-0.4, -0.2) is 18.9 Å². The summed E-state index contributed by atoms with van der Waals surface area (Å²) in [4.78, 5) is 0. The molecule has 0 radical (unpaired) electrons. The number of rotatable bonds is 0. The molecule has 30 heavy (non-hydrogen) atoms. The molecule has 1 fully saturated rings. The van der Waals surface area contributed by atoms with Gasteiger partial charge in [0.2, 0.25) is 0 Å². The van der Waals surface area contributed by atoms with E-state index >= 15 is 0 Å². The average Bonchev–Trinajstić information content (AvgIpc) is 2.80. The van der Waals surface area contributed by atoms with Crippen LogP contribution in [0.3, 0.4) is 0 Å². The largest absolute Gasteiger partial charge is 0.443 e. The summed E-state index contributed by atoms with van der Waals surface area (Å²) in [5, 5.41) is 8.09. The summed E-state index contributed by atoms with van der Waals surface area (Å²) < 4.78 is 13.7. The van der Waals surface area contributed by atoms with E-state index in [0.717, 1.165) is 57.6 Å². The summed E-state index contributed by atoms with van der Waals surface area (Å²) in [7, 11) is 0. The van der Waals surface area contributed by atoms with Gasteiger partial charge in [-0.05, 0) is 22.9 Å². The fraction of sp³-hybridized carbons (Fsp3) is 0.111. The first-order valence-electron chi connectivity index (χ1n) is 10.4. The molecule has 1 spiro atoms. The molecule has 0 amide bonds. The molecule has 3 nitrogen and oxygen atoms in total. The van der Waals surface area contributed by atoms with E-state index in [1.54, 1.807) is 0 Å². The van der Waals surface area contributed by atoms with E-state index in [1.807, 2.05) is 0 Å². The van der Waals surface area contributed by atoms with Gasteiger partial charge in [-0.1, -0.05) is 72.8 Å². The molecule has 0 bridgehead atoms. The van der Waals surface area contributed by atoms with E-state index in [2.05, 4.69) is 90.3 Å². The van der Waals surface area contributed by atoms with Gasteiger partial charge >= 0.3 is 0 Å². The maximum absolute atomic E-state index is 6.85. The lowest BCUT2D eigenvalue weighted by Crippen LogP contribution is -2.56. The number of hydrogen-bond donors (Lipinski definition) is 1. The Morgan fingerprint density at radius 1 is 0.600 bits per heavy atom. The molecule has 1 N–H and O–H groups in total. The quantitative estimate of drug-likeness (QED) is 0.428. The van der Waals surface area contributed by atoms with Crippen LogP contribution in [0.1, 0.15) is 11.1 Å². The molecule has 4 aromatic carbocycles. The normalized spacial score (nSPS) is 18.1. The van der Waals surface area contributed by atoms with Crippen molar-refractivity contribution in [1.29, 1.82) is 0 Å².